The van der Waals surface area contributed by atoms with Gasteiger partial charge >= 0.3 is 0 Å². The summed E-state index contributed by atoms with van der Waals surface area (Å²) in [7, 11) is -4.00. The highest BCUT2D eigenvalue weighted by molar-refractivity contribution is 7.89. The van der Waals surface area contributed by atoms with E-state index >= 15 is 0 Å². The average molecular weight is 454 g/mol. The normalized spacial score (nSPS) is 14.5. The molecule has 1 aliphatic heterocycles. The first-order valence-electron chi connectivity index (χ1n) is 9.63. The van der Waals surface area contributed by atoms with Crippen LogP contribution in [0.3, 0.4) is 0 Å². The van der Waals surface area contributed by atoms with Crippen LogP contribution < -0.4 is 5.32 Å². The summed E-state index contributed by atoms with van der Waals surface area (Å²) in [5.41, 5.74) is 3.63. The van der Waals surface area contributed by atoms with Crippen molar-refractivity contribution in [3.05, 3.63) is 100 Å². The minimum Gasteiger partial charge on any atom is -0.350 e. The second kappa shape index (κ2) is 8.53. The van der Waals surface area contributed by atoms with Crippen LogP contribution in [0.1, 0.15) is 22.3 Å². The fraction of sp³-hybridized carbons (Fsp3) is 0.130. The Labute approximate surface area is 186 Å². The van der Waals surface area contributed by atoms with Crippen LogP contribution >= 0.6 is 11.6 Å². The van der Waals surface area contributed by atoms with E-state index in [2.05, 4.69) is 10.4 Å². The molecule has 0 spiro atoms. The van der Waals surface area contributed by atoms with Crippen molar-refractivity contribution in [2.45, 2.75) is 18.4 Å². The van der Waals surface area contributed by atoms with Crippen LogP contribution in [0, 0.1) is 6.92 Å². The number of aryl methyl sites for hydroxylation is 1. The van der Waals surface area contributed by atoms with Gasteiger partial charge in [0.15, 0.2) is 0 Å². The summed E-state index contributed by atoms with van der Waals surface area (Å²) in [5.74, 6) is -0.447. The lowest BCUT2D eigenvalue weighted by atomic mass is 10.0. The molecular formula is C23H20ClN3O3S. The topological polar surface area (TPSA) is 78.8 Å². The SMILES string of the molecule is Cc1ccc(CNC(=O)CN2N=C(c3ccccc3)c3cc(Cl)ccc3S2(=O)=O)cc1. The van der Waals surface area contributed by atoms with Gasteiger partial charge in [-0.3, -0.25) is 4.79 Å². The van der Waals surface area contributed by atoms with E-state index in [0.717, 1.165) is 21.1 Å². The van der Waals surface area contributed by atoms with Gasteiger partial charge in [0.25, 0.3) is 10.0 Å². The molecule has 6 nitrogen and oxygen atoms in total. The van der Waals surface area contributed by atoms with Crippen LogP contribution in [0.2, 0.25) is 5.02 Å². The molecule has 0 fully saturated rings. The zero-order valence-electron chi connectivity index (χ0n) is 16.7. The molecule has 0 aliphatic carbocycles. The third-order valence-electron chi connectivity index (χ3n) is 4.90. The van der Waals surface area contributed by atoms with E-state index in [9.17, 15) is 13.2 Å². The second-order valence-electron chi connectivity index (χ2n) is 7.20. The Morgan fingerprint density at radius 3 is 2.45 bits per heavy atom. The Balaban J connectivity index is 1.63. The zero-order valence-corrected chi connectivity index (χ0v) is 18.3. The number of rotatable bonds is 5. The minimum absolute atomic E-state index is 0.0667. The molecule has 0 radical (unpaired) electrons. The molecule has 1 N–H and O–H groups in total. The molecule has 0 saturated carbocycles. The fourth-order valence-electron chi connectivity index (χ4n) is 3.26. The van der Waals surface area contributed by atoms with Gasteiger partial charge in [-0.25, -0.2) is 0 Å². The quantitative estimate of drug-likeness (QED) is 0.639. The molecule has 1 aliphatic rings. The molecule has 0 bridgehead atoms. The highest BCUT2D eigenvalue weighted by atomic mass is 35.5. The Morgan fingerprint density at radius 2 is 1.74 bits per heavy atom. The third-order valence-corrected chi connectivity index (χ3v) is 6.81. The lowest BCUT2D eigenvalue weighted by Crippen LogP contribution is -2.40. The maximum Gasteiger partial charge on any atom is 0.280 e. The summed E-state index contributed by atoms with van der Waals surface area (Å²) in [4.78, 5) is 12.6. The lowest BCUT2D eigenvalue weighted by molar-refractivity contribution is -0.121. The van der Waals surface area contributed by atoms with E-state index in [0.29, 0.717) is 22.8 Å². The number of carbonyl (C=O) groups is 1. The Kier molecular flexibility index (Phi) is 5.80. The predicted octanol–water partition coefficient (Wildman–Crippen LogP) is 3.72. The number of sulfonamides is 1. The minimum atomic E-state index is -4.00. The standard InChI is InChI=1S/C23H20ClN3O3S/c1-16-7-9-17(10-8-16)14-25-22(28)15-27-26-23(18-5-3-2-4-6-18)20-13-19(24)11-12-21(20)31(27,29)30/h2-13H,14-15H2,1H3,(H,25,28). The number of benzene rings is 3. The first-order chi connectivity index (χ1) is 14.8. The molecule has 31 heavy (non-hydrogen) atoms. The average Bonchev–Trinajstić information content (AvgIpc) is 2.76. The van der Waals surface area contributed by atoms with Crippen LogP contribution in [0.15, 0.2) is 82.8 Å². The number of hydrogen-bond acceptors (Lipinski definition) is 4. The summed E-state index contributed by atoms with van der Waals surface area (Å²) in [6.45, 7) is 1.86. The third kappa shape index (κ3) is 4.47. The van der Waals surface area contributed by atoms with Crippen molar-refractivity contribution in [3.8, 4) is 0 Å². The maximum atomic E-state index is 13.1. The monoisotopic (exact) mass is 453 g/mol. The predicted molar refractivity (Wildman–Crippen MR) is 120 cm³/mol. The Bertz CT molecular complexity index is 1260. The molecule has 8 heteroatoms. The second-order valence-corrected chi connectivity index (χ2v) is 9.45. The molecule has 3 aromatic rings. The van der Waals surface area contributed by atoms with Gasteiger partial charge in [0, 0.05) is 22.7 Å². The molecule has 0 unspecified atom stereocenters. The number of nitrogens with one attached hydrogen (secondary N) is 1. The molecule has 4 rings (SSSR count). The number of carbonyl (C=O) groups excluding carboxylic acids is 1. The summed E-state index contributed by atoms with van der Waals surface area (Å²) >= 11 is 6.12. The van der Waals surface area contributed by atoms with Crippen molar-refractivity contribution >= 4 is 33.2 Å². The number of hydrogen-bond donors (Lipinski definition) is 1. The molecule has 0 atom stereocenters. The fourth-order valence-corrected chi connectivity index (χ4v) is 4.81. The van der Waals surface area contributed by atoms with Crippen LogP contribution in [0.5, 0.6) is 0 Å². The van der Waals surface area contributed by atoms with Crippen LogP contribution in [0.4, 0.5) is 0 Å². The van der Waals surface area contributed by atoms with Crippen molar-refractivity contribution in [2.24, 2.45) is 5.10 Å². The van der Waals surface area contributed by atoms with Gasteiger partial charge in [-0.2, -0.15) is 17.9 Å². The molecule has 1 amide bonds. The van der Waals surface area contributed by atoms with Crippen LogP contribution in [-0.2, 0) is 21.4 Å². The number of halogens is 1. The molecule has 1 heterocycles. The van der Waals surface area contributed by atoms with Gasteiger partial charge in [-0.1, -0.05) is 71.8 Å². The van der Waals surface area contributed by atoms with Crippen molar-refractivity contribution in [3.63, 3.8) is 0 Å². The zero-order chi connectivity index (χ0) is 22.0. The van der Waals surface area contributed by atoms with Crippen molar-refractivity contribution in [2.75, 3.05) is 6.54 Å². The summed E-state index contributed by atoms with van der Waals surface area (Å²) in [5, 5.41) is 7.50. The summed E-state index contributed by atoms with van der Waals surface area (Å²) in [6.07, 6.45) is 0. The maximum absolute atomic E-state index is 13.1. The highest BCUT2D eigenvalue weighted by Crippen LogP contribution is 2.30. The van der Waals surface area contributed by atoms with Gasteiger partial charge in [0.1, 0.15) is 12.3 Å². The van der Waals surface area contributed by atoms with Gasteiger partial charge in [0.2, 0.25) is 5.91 Å². The van der Waals surface area contributed by atoms with Crippen LogP contribution in [0.25, 0.3) is 0 Å². The number of fused-ring (bicyclic) bond motifs is 1. The largest absolute Gasteiger partial charge is 0.350 e. The van der Waals surface area contributed by atoms with Gasteiger partial charge in [0.05, 0.1) is 4.90 Å². The highest BCUT2D eigenvalue weighted by Gasteiger charge is 2.34. The lowest BCUT2D eigenvalue weighted by Gasteiger charge is -2.27. The number of hydrazone groups is 1. The first kappa shape index (κ1) is 21.1. The van der Waals surface area contributed by atoms with E-state index in [1.165, 1.54) is 12.1 Å². The molecule has 158 valence electrons. The van der Waals surface area contributed by atoms with E-state index < -0.39 is 22.5 Å². The van der Waals surface area contributed by atoms with Gasteiger partial charge in [-0.15, -0.1) is 0 Å². The smallest absolute Gasteiger partial charge is 0.280 e. The first-order valence-corrected chi connectivity index (χ1v) is 11.5. The van der Waals surface area contributed by atoms with E-state index in [4.69, 9.17) is 11.6 Å². The molecular weight excluding hydrogens is 434 g/mol. The number of amides is 1. The van der Waals surface area contributed by atoms with Crippen molar-refractivity contribution < 1.29 is 13.2 Å². The molecule has 3 aromatic carbocycles. The van der Waals surface area contributed by atoms with Gasteiger partial charge in [-0.05, 0) is 30.7 Å². The van der Waals surface area contributed by atoms with Crippen LogP contribution in [-0.4, -0.2) is 31.0 Å². The number of nitrogens with zero attached hydrogens (tertiary/aromatic N) is 2. The summed E-state index contributed by atoms with van der Waals surface area (Å²) in [6, 6.07) is 21.5. The van der Waals surface area contributed by atoms with Crippen molar-refractivity contribution in [1.82, 2.24) is 9.73 Å². The summed E-state index contributed by atoms with van der Waals surface area (Å²) < 4.78 is 27.1. The van der Waals surface area contributed by atoms with E-state index in [-0.39, 0.29) is 4.90 Å². The Morgan fingerprint density at radius 1 is 1.03 bits per heavy atom. The molecule has 0 saturated heterocycles. The van der Waals surface area contributed by atoms with E-state index in [1.54, 1.807) is 6.07 Å². The Hall–Kier alpha value is -3.16. The van der Waals surface area contributed by atoms with Crippen molar-refractivity contribution in [1.29, 1.82) is 0 Å². The molecule has 0 aromatic heterocycles. The van der Waals surface area contributed by atoms with E-state index in [1.807, 2.05) is 61.5 Å². The van der Waals surface area contributed by atoms with Gasteiger partial charge < -0.3 is 5.32 Å².